The third kappa shape index (κ3) is 3.76. The lowest BCUT2D eigenvalue weighted by molar-refractivity contribution is -0.147. The van der Waals surface area contributed by atoms with Crippen LogP contribution in [0.4, 0.5) is 0 Å². The molecule has 0 aliphatic carbocycles. The van der Waals surface area contributed by atoms with Gasteiger partial charge in [0.05, 0.1) is 4.91 Å². The number of amides is 1. The van der Waals surface area contributed by atoms with Crippen molar-refractivity contribution in [2.75, 3.05) is 0 Å². The molecule has 1 saturated heterocycles. The van der Waals surface area contributed by atoms with Gasteiger partial charge < -0.3 is 5.11 Å². The lowest BCUT2D eigenvalue weighted by Crippen LogP contribution is -2.47. The van der Waals surface area contributed by atoms with Crippen LogP contribution in [0.3, 0.4) is 0 Å². The average Bonchev–Trinajstić information content (AvgIpc) is 2.77. The number of thiocarbonyl (C=S) groups is 1. The Hall–Kier alpha value is -1.37. The van der Waals surface area contributed by atoms with Crippen LogP contribution in [-0.2, 0) is 9.59 Å². The van der Waals surface area contributed by atoms with E-state index in [-0.39, 0.29) is 16.1 Å². The average molecular weight is 370 g/mol. The Kier molecular flexibility index (Phi) is 5.84. The van der Waals surface area contributed by atoms with Gasteiger partial charge in [0, 0.05) is 5.02 Å². The summed E-state index contributed by atoms with van der Waals surface area (Å²) < 4.78 is 0.265. The highest BCUT2D eigenvalue weighted by molar-refractivity contribution is 8.26. The molecule has 2 atom stereocenters. The maximum atomic E-state index is 12.6. The number of rotatable bonds is 5. The molecular weight excluding hydrogens is 354 g/mol. The van der Waals surface area contributed by atoms with E-state index in [2.05, 4.69) is 0 Å². The molecule has 1 fully saturated rings. The molecule has 1 aromatic rings. The fourth-order valence-corrected chi connectivity index (χ4v) is 3.80. The van der Waals surface area contributed by atoms with Gasteiger partial charge in [-0.25, -0.2) is 4.79 Å². The second-order valence-corrected chi connectivity index (χ2v) is 7.32. The highest BCUT2D eigenvalue weighted by Gasteiger charge is 2.42. The van der Waals surface area contributed by atoms with Gasteiger partial charge in [-0.2, -0.15) is 0 Å². The first kappa shape index (κ1) is 18.0. The highest BCUT2D eigenvalue weighted by Crippen LogP contribution is 2.36. The largest absolute Gasteiger partial charge is 0.480 e. The molecule has 0 spiro atoms. The van der Waals surface area contributed by atoms with Crippen LogP contribution in [0.2, 0.25) is 5.02 Å². The van der Waals surface area contributed by atoms with Crippen molar-refractivity contribution in [3.8, 4) is 0 Å². The Morgan fingerprint density at radius 1 is 1.48 bits per heavy atom. The van der Waals surface area contributed by atoms with Crippen LogP contribution in [0.15, 0.2) is 29.2 Å². The van der Waals surface area contributed by atoms with Gasteiger partial charge in [-0.1, -0.05) is 74.0 Å². The van der Waals surface area contributed by atoms with Crippen molar-refractivity contribution < 1.29 is 14.7 Å². The SMILES string of the molecule is CC[C@H](C)[C@@H](C(=O)O)N1C(=O)/C(=C/c2ccccc2Cl)SC1=S. The molecule has 0 aromatic heterocycles. The van der Waals surface area contributed by atoms with E-state index in [1.807, 2.05) is 13.0 Å². The van der Waals surface area contributed by atoms with E-state index < -0.39 is 12.0 Å². The molecule has 7 heteroatoms. The Labute approximate surface area is 149 Å². The van der Waals surface area contributed by atoms with Crippen molar-refractivity contribution in [1.29, 1.82) is 0 Å². The summed E-state index contributed by atoms with van der Waals surface area (Å²) in [5.41, 5.74) is 0.699. The van der Waals surface area contributed by atoms with Gasteiger partial charge in [0.15, 0.2) is 0 Å². The van der Waals surface area contributed by atoms with Crippen molar-refractivity contribution in [2.24, 2.45) is 5.92 Å². The van der Waals surface area contributed by atoms with Gasteiger partial charge in [0.2, 0.25) is 0 Å². The van der Waals surface area contributed by atoms with Crippen LogP contribution in [-0.4, -0.2) is 32.2 Å². The molecule has 0 bridgehead atoms. The van der Waals surface area contributed by atoms with E-state index >= 15 is 0 Å². The van der Waals surface area contributed by atoms with Crippen LogP contribution < -0.4 is 0 Å². The second kappa shape index (κ2) is 7.47. The zero-order valence-corrected chi connectivity index (χ0v) is 15.0. The standard InChI is InChI=1S/C16H16ClNO3S2/c1-3-9(2)13(15(20)21)18-14(19)12(23-16(18)22)8-10-6-4-5-7-11(10)17/h4-9,13H,3H2,1-2H3,(H,20,21)/b12-8-/t9-,13-/m0/s1. The number of aliphatic carboxylic acids is 1. The fourth-order valence-electron chi connectivity index (χ4n) is 2.28. The molecule has 23 heavy (non-hydrogen) atoms. The summed E-state index contributed by atoms with van der Waals surface area (Å²) in [5.74, 6) is -1.63. The predicted octanol–water partition coefficient (Wildman–Crippen LogP) is 4.04. The van der Waals surface area contributed by atoms with E-state index in [1.165, 1.54) is 4.90 Å². The van der Waals surface area contributed by atoms with Gasteiger partial charge in [-0.05, 0) is 23.6 Å². The fraction of sp³-hybridized carbons (Fsp3) is 0.312. The lowest BCUT2D eigenvalue weighted by atomic mass is 9.98. The minimum absolute atomic E-state index is 0.199. The monoisotopic (exact) mass is 369 g/mol. The Bertz CT molecular complexity index is 690. The summed E-state index contributed by atoms with van der Waals surface area (Å²) in [6, 6.07) is 6.18. The summed E-state index contributed by atoms with van der Waals surface area (Å²) >= 11 is 12.4. The van der Waals surface area contributed by atoms with Crippen molar-refractivity contribution in [2.45, 2.75) is 26.3 Å². The van der Waals surface area contributed by atoms with Crippen molar-refractivity contribution in [3.05, 3.63) is 39.8 Å². The second-order valence-electron chi connectivity index (χ2n) is 5.24. The number of carboxylic acid groups (broad SMARTS) is 1. The predicted molar refractivity (Wildman–Crippen MR) is 97.3 cm³/mol. The minimum atomic E-state index is -1.05. The lowest BCUT2D eigenvalue weighted by Gasteiger charge is -2.27. The smallest absolute Gasteiger partial charge is 0.327 e. The molecule has 0 unspecified atom stereocenters. The first-order valence-corrected chi connectivity index (χ1v) is 8.71. The van der Waals surface area contributed by atoms with E-state index in [4.69, 9.17) is 23.8 Å². The van der Waals surface area contributed by atoms with Gasteiger partial charge in [-0.15, -0.1) is 0 Å². The maximum Gasteiger partial charge on any atom is 0.327 e. The number of carboxylic acids is 1. The Morgan fingerprint density at radius 3 is 2.70 bits per heavy atom. The first-order valence-electron chi connectivity index (χ1n) is 7.11. The zero-order valence-electron chi connectivity index (χ0n) is 12.7. The first-order chi connectivity index (χ1) is 10.9. The van der Waals surface area contributed by atoms with E-state index in [0.29, 0.717) is 21.9 Å². The number of carbonyl (C=O) groups excluding carboxylic acids is 1. The summed E-state index contributed by atoms with van der Waals surface area (Å²) in [7, 11) is 0. The summed E-state index contributed by atoms with van der Waals surface area (Å²) in [4.78, 5) is 25.8. The molecule has 1 aliphatic rings. The van der Waals surface area contributed by atoms with Crippen LogP contribution >= 0.6 is 35.6 Å². The molecule has 122 valence electrons. The highest BCUT2D eigenvalue weighted by atomic mass is 35.5. The summed E-state index contributed by atoms with van der Waals surface area (Å²) in [6.45, 7) is 3.69. The molecule has 1 aliphatic heterocycles. The van der Waals surface area contributed by atoms with Crippen molar-refractivity contribution in [1.82, 2.24) is 4.90 Å². The number of benzene rings is 1. The third-order valence-electron chi connectivity index (χ3n) is 3.73. The van der Waals surface area contributed by atoms with Gasteiger partial charge in [-0.3, -0.25) is 9.69 Å². The van der Waals surface area contributed by atoms with Crippen LogP contribution in [0.1, 0.15) is 25.8 Å². The van der Waals surface area contributed by atoms with Gasteiger partial charge in [0.25, 0.3) is 5.91 Å². The number of halogens is 1. The number of hydrogen-bond donors (Lipinski definition) is 1. The Morgan fingerprint density at radius 2 is 2.13 bits per heavy atom. The van der Waals surface area contributed by atoms with Crippen LogP contribution in [0, 0.1) is 5.92 Å². The van der Waals surface area contributed by atoms with E-state index in [0.717, 1.165) is 11.8 Å². The normalized spacial score (nSPS) is 19.3. The molecule has 0 radical (unpaired) electrons. The van der Waals surface area contributed by atoms with E-state index in [9.17, 15) is 14.7 Å². The zero-order chi connectivity index (χ0) is 17.1. The van der Waals surface area contributed by atoms with Crippen molar-refractivity contribution in [3.63, 3.8) is 0 Å². The number of nitrogens with zero attached hydrogens (tertiary/aromatic N) is 1. The molecule has 1 N–H and O–H groups in total. The van der Waals surface area contributed by atoms with Gasteiger partial charge >= 0.3 is 5.97 Å². The topological polar surface area (TPSA) is 57.6 Å². The number of hydrogen-bond acceptors (Lipinski definition) is 4. The molecule has 1 amide bonds. The van der Waals surface area contributed by atoms with Crippen LogP contribution in [0.5, 0.6) is 0 Å². The van der Waals surface area contributed by atoms with Gasteiger partial charge in [0.1, 0.15) is 10.4 Å². The van der Waals surface area contributed by atoms with Crippen LogP contribution in [0.25, 0.3) is 6.08 Å². The molecule has 2 rings (SSSR count). The molecule has 0 saturated carbocycles. The quantitative estimate of drug-likeness (QED) is 0.627. The third-order valence-corrected chi connectivity index (χ3v) is 5.40. The van der Waals surface area contributed by atoms with Crippen molar-refractivity contribution >= 4 is 57.9 Å². The summed E-state index contributed by atoms with van der Waals surface area (Å²) in [6.07, 6.45) is 2.29. The summed E-state index contributed by atoms with van der Waals surface area (Å²) in [5, 5.41) is 10.0. The molecule has 1 heterocycles. The van der Waals surface area contributed by atoms with E-state index in [1.54, 1.807) is 31.2 Å². The molecule has 4 nitrogen and oxygen atoms in total. The number of carbonyl (C=O) groups is 2. The molecular formula is C16H16ClNO3S2. The maximum absolute atomic E-state index is 12.6. The molecule has 1 aromatic carbocycles. The number of thioether (sulfide) groups is 1. The minimum Gasteiger partial charge on any atom is -0.480 e. The Balaban J connectivity index is 2.36.